The van der Waals surface area contributed by atoms with Crippen LogP contribution in [0.5, 0.6) is 5.75 Å². The van der Waals surface area contributed by atoms with Crippen LogP contribution in [0, 0.1) is 20.8 Å². The Hall–Kier alpha value is -1.85. The van der Waals surface area contributed by atoms with Crippen LogP contribution in [0.4, 0.5) is 0 Å². The number of hydrogen-bond acceptors (Lipinski definition) is 3. The molecule has 0 amide bonds. The van der Waals surface area contributed by atoms with Gasteiger partial charge >= 0.3 is 0 Å². The molecule has 25 heavy (non-hydrogen) atoms. The fourth-order valence-corrected chi connectivity index (χ4v) is 5.41. The van der Waals surface area contributed by atoms with Crippen molar-refractivity contribution in [2.24, 2.45) is 0 Å². The summed E-state index contributed by atoms with van der Waals surface area (Å²) >= 11 is 0. The van der Waals surface area contributed by atoms with Gasteiger partial charge in [0.2, 0.25) is 10.0 Å². The Bertz CT molecular complexity index is 893. The van der Waals surface area contributed by atoms with Gasteiger partial charge < -0.3 is 4.74 Å². The number of rotatable bonds is 3. The monoisotopic (exact) mass is 359 g/mol. The van der Waals surface area contributed by atoms with Crippen molar-refractivity contribution in [3.05, 3.63) is 58.7 Å². The van der Waals surface area contributed by atoms with Crippen molar-refractivity contribution in [3.63, 3.8) is 0 Å². The summed E-state index contributed by atoms with van der Waals surface area (Å²) in [6, 6.07) is 11.1. The molecule has 0 saturated heterocycles. The van der Waals surface area contributed by atoms with Crippen LogP contribution in [-0.4, -0.2) is 14.0 Å². The zero-order chi connectivity index (χ0) is 18.4. The Morgan fingerprint density at radius 2 is 1.68 bits per heavy atom. The van der Waals surface area contributed by atoms with E-state index in [1.807, 2.05) is 71.0 Å². The summed E-state index contributed by atoms with van der Waals surface area (Å²) < 4.78 is 35.2. The molecule has 0 unspecified atom stereocenters. The molecule has 0 fully saturated rings. The van der Waals surface area contributed by atoms with E-state index in [1.165, 1.54) is 0 Å². The van der Waals surface area contributed by atoms with Gasteiger partial charge in [0.1, 0.15) is 11.4 Å². The molecule has 0 aliphatic carbocycles. The number of ether oxygens (including phenoxy) is 1. The van der Waals surface area contributed by atoms with Gasteiger partial charge in [-0.15, -0.1) is 0 Å². The highest BCUT2D eigenvalue weighted by Crippen LogP contribution is 2.40. The van der Waals surface area contributed by atoms with Crippen molar-refractivity contribution in [2.75, 3.05) is 0 Å². The molecule has 0 aromatic heterocycles. The van der Waals surface area contributed by atoms with Crippen molar-refractivity contribution < 1.29 is 13.2 Å². The van der Waals surface area contributed by atoms with Crippen molar-refractivity contribution >= 4 is 10.0 Å². The lowest BCUT2D eigenvalue weighted by molar-refractivity contribution is 0.0702. The van der Waals surface area contributed by atoms with Gasteiger partial charge in [-0.2, -0.15) is 0 Å². The molecule has 3 rings (SSSR count). The minimum absolute atomic E-state index is 0.315. The Balaban J connectivity index is 2.02. The maximum absolute atomic E-state index is 13.1. The van der Waals surface area contributed by atoms with Gasteiger partial charge in [0.25, 0.3) is 0 Å². The smallest absolute Gasteiger partial charge is 0.241 e. The third-order valence-electron chi connectivity index (χ3n) is 4.55. The predicted octanol–water partition coefficient (Wildman–Crippen LogP) is 4.19. The highest BCUT2D eigenvalue weighted by molar-refractivity contribution is 7.89. The molecule has 4 nitrogen and oxygen atoms in total. The van der Waals surface area contributed by atoms with Gasteiger partial charge in [-0.05, 0) is 51.8 Å². The van der Waals surface area contributed by atoms with Gasteiger partial charge in [-0.1, -0.05) is 35.9 Å². The van der Waals surface area contributed by atoms with E-state index < -0.39 is 15.6 Å². The molecule has 0 radical (unpaired) electrons. The van der Waals surface area contributed by atoms with Crippen LogP contribution in [0.25, 0.3) is 0 Å². The summed E-state index contributed by atoms with van der Waals surface area (Å²) in [7, 11) is -3.64. The van der Waals surface area contributed by atoms with Crippen LogP contribution in [-0.2, 0) is 10.0 Å². The lowest BCUT2D eigenvalue weighted by Crippen LogP contribution is -2.41. The van der Waals surface area contributed by atoms with Crippen LogP contribution in [0.3, 0.4) is 0 Å². The number of aryl methyl sites for hydroxylation is 3. The van der Waals surface area contributed by atoms with E-state index in [4.69, 9.17) is 4.74 Å². The fraction of sp³-hybridized carbons (Fsp3) is 0.400. The third-order valence-corrected chi connectivity index (χ3v) is 6.32. The summed E-state index contributed by atoms with van der Waals surface area (Å²) in [4.78, 5) is 0.375. The fourth-order valence-electron chi connectivity index (χ4n) is 3.74. The van der Waals surface area contributed by atoms with Crippen molar-refractivity contribution in [1.82, 2.24) is 4.72 Å². The van der Waals surface area contributed by atoms with Crippen LogP contribution >= 0.6 is 0 Å². The second-order valence-electron chi connectivity index (χ2n) is 7.51. The standard InChI is InChI=1S/C20H25NO3S/c1-13-10-14(2)19(15(3)11-13)25(22,23)21-17-12-20(4,5)24-18-9-7-6-8-16(17)18/h6-11,17,21H,12H2,1-5H3/t17-/m1/s1. The minimum Gasteiger partial charge on any atom is -0.487 e. The lowest BCUT2D eigenvalue weighted by Gasteiger charge is -2.37. The lowest BCUT2D eigenvalue weighted by atomic mass is 9.90. The minimum atomic E-state index is -3.64. The predicted molar refractivity (Wildman–Crippen MR) is 99.5 cm³/mol. The maximum Gasteiger partial charge on any atom is 0.241 e. The first-order valence-electron chi connectivity index (χ1n) is 8.47. The van der Waals surface area contributed by atoms with Crippen molar-refractivity contribution in [1.29, 1.82) is 0 Å². The van der Waals surface area contributed by atoms with Crippen LogP contribution in [0.15, 0.2) is 41.3 Å². The number of para-hydroxylation sites is 1. The average Bonchev–Trinajstić information content (AvgIpc) is 2.43. The zero-order valence-electron chi connectivity index (χ0n) is 15.4. The van der Waals surface area contributed by atoms with Crippen LogP contribution in [0.1, 0.15) is 48.6 Å². The molecule has 1 aliphatic heterocycles. The molecule has 1 aliphatic rings. The second-order valence-corrected chi connectivity index (χ2v) is 9.16. The molecule has 0 bridgehead atoms. The molecular formula is C20H25NO3S. The summed E-state index contributed by atoms with van der Waals surface area (Å²) in [5, 5.41) is 0. The highest BCUT2D eigenvalue weighted by Gasteiger charge is 2.36. The highest BCUT2D eigenvalue weighted by atomic mass is 32.2. The first kappa shape index (κ1) is 18.0. The molecule has 2 aromatic rings. The Labute approximate surface area is 150 Å². The Morgan fingerprint density at radius 1 is 1.08 bits per heavy atom. The van der Waals surface area contributed by atoms with E-state index in [2.05, 4.69) is 4.72 Å². The molecule has 0 saturated carbocycles. The number of nitrogens with one attached hydrogen (secondary N) is 1. The molecule has 2 aromatic carbocycles. The van der Waals surface area contributed by atoms with Gasteiger partial charge in [0.05, 0.1) is 10.9 Å². The maximum atomic E-state index is 13.1. The number of sulfonamides is 1. The second kappa shape index (κ2) is 6.15. The molecular weight excluding hydrogens is 334 g/mol. The summed E-state index contributed by atoms with van der Waals surface area (Å²) in [5.41, 5.74) is 3.05. The largest absolute Gasteiger partial charge is 0.487 e. The SMILES string of the molecule is Cc1cc(C)c(S(=O)(=O)N[C@@H]2CC(C)(C)Oc3ccccc32)c(C)c1. The normalized spacial score (nSPS) is 19.2. The van der Waals surface area contributed by atoms with Gasteiger partial charge in [-0.25, -0.2) is 13.1 Å². The van der Waals surface area contributed by atoms with Gasteiger partial charge in [-0.3, -0.25) is 0 Å². The molecule has 1 atom stereocenters. The summed E-state index contributed by atoms with van der Waals surface area (Å²) in [6.07, 6.45) is 0.577. The first-order valence-corrected chi connectivity index (χ1v) is 9.95. The molecule has 1 N–H and O–H groups in total. The number of hydrogen-bond donors (Lipinski definition) is 1. The average molecular weight is 359 g/mol. The molecule has 5 heteroatoms. The zero-order valence-corrected chi connectivity index (χ0v) is 16.2. The Morgan fingerprint density at radius 3 is 2.32 bits per heavy atom. The third kappa shape index (κ3) is 3.58. The van der Waals surface area contributed by atoms with Crippen molar-refractivity contribution in [3.8, 4) is 5.75 Å². The number of benzene rings is 2. The van der Waals surface area contributed by atoms with E-state index in [0.717, 1.165) is 28.0 Å². The molecule has 1 heterocycles. The topological polar surface area (TPSA) is 55.4 Å². The van der Waals surface area contributed by atoms with E-state index in [1.54, 1.807) is 0 Å². The van der Waals surface area contributed by atoms with E-state index in [-0.39, 0.29) is 6.04 Å². The summed E-state index contributed by atoms with van der Waals surface area (Å²) in [5.74, 6) is 0.740. The first-order chi connectivity index (χ1) is 11.6. The molecule has 0 spiro atoms. The van der Waals surface area contributed by atoms with Crippen LogP contribution < -0.4 is 9.46 Å². The number of fused-ring (bicyclic) bond motifs is 1. The quantitative estimate of drug-likeness (QED) is 0.894. The van der Waals surface area contributed by atoms with E-state index in [9.17, 15) is 8.42 Å². The van der Waals surface area contributed by atoms with Gasteiger partial charge in [0.15, 0.2) is 0 Å². The van der Waals surface area contributed by atoms with Crippen molar-refractivity contribution in [2.45, 2.75) is 57.6 Å². The molecule has 134 valence electrons. The Kier molecular flexibility index (Phi) is 4.41. The van der Waals surface area contributed by atoms with E-state index in [0.29, 0.717) is 11.3 Å². The summed E-state index contributed by atoms with van der Waals surface area (Å²) in [6.45, 7) is 9.62. The van der Waals surface area contributed by atoms with E-state index >= 15 is 0 Å². The van der Waals surface area contributed by atoms with Gasteiger partial charge in [0, 0.05) is 12.0 Å². The van der Waals surface area contributed by atoms with Crippen LogP contribution in [0.2, 0.25) is 0 Å².